The van der Waals surface area contributed by atoms with Crippen LogP contribution >= 0.6 is 0 Å². The van der Waals surface area contributed by atoms with Crippen molar-refractivity contribution in [2.24, 2.45) is 24.8 Å². The van der Waals surface area contributed by atoms with Gasteiger partial charge in [0, 0.05) is 38.3 Å². The van der Waals surface area contributed by atoms with E-state index in [4.69, 9.17) is 14.6 Å². The maximum atomic E-state index is 13.4. The fourth-order valence-corrected chi connectivity index (χ4v) is 5.45. The molecule has 0 spiro atoms. The Labute approximate surface area is 201 Å². The molecule has 1 saturated heterocycles. The topological polar surface area (TPSA) is 87.9 Å². The number of carbonyl (C=O) groups is 2. The predicted molar refractivity (Wildman–Crippen MR) is 129 cm³/mol. The molecule has 184 valence electrons. The number of likely N-dealkylation sites (tertiary alicyclic amines) is 1. The van der Waals surface area contributed by atoms with E-state index in [1.807, 2.05) is 41.9 Å². The molecule has 2 saturated carbocycles. The highest BCUT2D eigenvalue weighted by Crippen LogP contribution is 2.40. The lowest BCUT2D eigenvalue weighted by Gasteiger charge is -2.41. The molecule has 0 radical (unpaired) electrons. The molecule has 3 aliphatic rings. The molecule has 2 heterocycles. The van der Waals surface area contributed by atoms with Crippen molar-refractivity contribution in [3.05, 3.63) is 42.2 Å². The molecule has 3 fully saturated rings. The zero-order chi connectivity index (χ0) is 24.2. The van der Waals surface area contributed by atoms with E-state index in [9.17, 15) is 4.79 Å². The number of benzene rings is 1. The molecule has 2 aliphatic carbocycles. The van der Waals surface area contributed by atoms with Crippen LogP contribution in [-0.2, 0) is 16.6 Å². The van der Waals surface area contributed by atoms with Crippen molar-refractivity contribution in [2.75, 3.05) is 33.8 Å². The Morgan fingerprint density at radius 2 is 1.82 bits per heavy atom. The SMILES string of the molecule is CN(C)[C@@H]1C[C@@H]2CN(C(=O)c3cnc(-c4ccccc4)n3C)C[C@@H]2C[C@H]1OCC1CC1.O=CO. The number of carboxylic acid groups (broad SMARTS) is 1. The standard InChI is InChI=1S/C25H34N4O2.CH2O2/c1-27(2)21-11-19-14-29(15-20(19)12-23(21)31-16-17-9-10-17)25(30)22-13-26-24(28(22)3)18-7-5-4-6-8-18;2-1-3/h4-8,13,17,19-21,23H,9-12,14-16H2,1-3H3;1H,(H,2,3)/t19-,20+,21-,23-;/m1./s1. The number of likely N-dealkylation sites (N-methyl/N-ethyl adjacent to an activating group) is 1. The first-order valence-corrected chi connectivity index (χ1v) is 12.1. The number of imidazole rings is 1. The van der Waals surface area contributed by atoms with Gasteiger partial charge in [-0.1, -0.05) is 30.3 Å². The average molecular weight is 469 g/mol. The highest BCUT2D eigenvalue weighted by molar-refractivity contribution is 5.93. The average Bonchev–Trinajstić information content (AvgIpc) is 3.44. The minimum absolute atomic E-state index is 0.100. The molecule has 4 atom stereocenters. The van der Waals surface area contributed by atoms with E-state index in [1.165, 1.54) is 12.8 Å². The van der Waals surface area contributed by atoms with Gasteiger partial charge in [0.25, 0.3) is 12.4 Å². The Morgan fingerprint density at radius 1 is 1.18 bits per heavy atom. The second-order valence-electron chi connectivity index (χ2n) is 10.0. The van der Waals surface area contributed by atoms with E-state index in [2.05, 4.69) is 28.9 Å². The fraction of sp³-hybridized carbons (Fsp3) is 0.577. The van der Waals surface area contributed by atoms with Gasteiger partial charge in [-0.05, 0) is 57.5 Å². The molecule has 1 aromatic heterocycles. The van der Waals surface area contributed by atoms with Crippen LogP contribution in [-0.4, -0.2) is 82.8 Å². The van der Waals surface area contributed by atoms with Crippen molar-refractivity contribution >= 4 is 12.4 Å². The zero-order valence-corrected chi connectivity index (χ0v) is 20.3. The van der Waals surface area contributed by atoms with Gasteiger partial charge in [-0.25, -0.2) is 4.98 Å². The van der Waals surface area contributed by atoms with Crippen molar-refractivity contribution in [2.45, 2.75) is 37.8 Å². The maximum absolute atomic E-state index is 13.4. The molecular formula is C26H36N4O4. The molecule has 0 unspecified atom stereocenters. The molecule has 34 heavy (non-hydrogen) atoms. The van der Waals surface area contributed by atoms with Crippen molar-refractivity contribution in [3.8, 4) is 11.4 Å². The molecular weight excluding hydrogens is 432 g/mol. The maximum Gasteiger partial charge on any atom is 0.290 e. The van der Waals surface area contributed by atoms with Gasteiger partial charge in [-0.3, -0.25) is 9.59 Å². The lowest BCUT2D eigenvalue weighted by molar-refractivity contribution is -0.122. The summed E-state index contributed by atoms with van der Waals surface area (Å²) in [6, 6.07) is 10.5. The van der Waals surface area contributed by atoms with E-state index in [0.29, 0.717) is 23.6 Å². The molecule has 0 bridgehead atoms. The number of fused-ring (bicyclic) bond motifs is 1. The Balaban J connectivity index is 0.000000868. The Bertz CT molecular complexity index is 972. The van der Waals surface area contributed by atoms with Gasteiger partial charge in [0.1, 0.15) is 11.5 Å². The smallest absolute Gasteiger partial charge is 0.290 e. The molecule has 5 rings (SSSR count). The minimum Gasteiger partial charge on any atom is -0.483 e. The van der Waals surface area contributed by atoms with Crippen LogP contribution < -0.4 is 0 Å². The third-order valence-electron chi connectivity index (χ3n) is 7.52. The molecule has 8 nitrogen and oxygen atoms in total. The van der Waals surface area contributed by atoms with Crippen LogP contribution in [0.25, 0.3) is 11.4 Å². The Kier molecular flexibility index (Phi) is 7.68. The number of nitrogens with zero attached hydrogens (tertiary/aromatic N) is 4. The highest BCUT2D eigenvalue weighted by Gasteiger charge is 2.45. The molecule has 1 amide bonds. The number of hydrogen-bond donors (Lipinski definition) is 1. The van der Waals surface area contributed by atoms with Gasteiger partial charge in [-0.2, -0.15) is 0 Å². The van der Waals surface area contributed by atoms with E-state index in [-0.39, 0.29) is 18.5 Å². The molecule has 1 aromatic carbocycles. The summed E-state index contributed by atoms with van der Waals surface area (Å²) in [5, 5.41) is 6.89. The summed E-state index contributed by atoms with van der Waals surface area (Å²) < 4.78 is 8.32. The van der Waals surface area contributed by atoms with Crippen LogP contribution in [0.3, 0.4) is 0 Å². The molecule has 1 aliphatic heterocycles. The van der Waals surface area contributed by atoms with Gasteiger partial charge >= 0.3 is 0 Å². The number of hydrogen-bond acceptors (Lipinski definition) is 5. The summed E-state index contributed by atoms with van der Waals surface area (Å²) in [6.45, 7) is 2.33. The summed E-state index contributed by atoms with van der Waals surface area (Å²) >= 11 is 0. The monoisotopic (exact) mass is 468 g/mol. The van der Waals surface area contributed by atoms with Crippen LogP contribution in [0.15, 0.2) is 36.5 Å². The van der Waals surface area contributed by atoms with Crippen LogP contribution in [0.1, 0.15) is 36.2 Å². The van der Waals surface area contributed by atoms with Crippen molar-refractivity contribution in [1.82, 2.24) is 19.4 Å². The number of carbonyl (C=O) groups excluding carboxylic acids is 1. The number of aromatic nitrogens is 2. The summed E-state index contributed by atoms with van der Waals surface area (Å²) in [4.78, 5) is 30.7. The van der Waals surface area contributed by atoms with Crippen LogP contribution in [0.2, 0.25) is 0 Å². The first kappa shape index (κ1) is 24.4. The third kappa shape index (κ3) is 5.33. The number of amides is 1. The Morgan fingerprint density at radius 3 is 2.44 bits per heavy atom. The second-order valence-corrected chi connectivity index (χ2v) is 10.0. The fourth-order valence-electron chi connectivity index (χ4n) is 5.45. The van der Waals surface area contributed by atoms with E-state index < -0.39 is 0 Å². The lowest BCUT2D eigenvalue weighted by Crippen LogP contribution is -2.48. The first-order chi connectivity index (χ1) is 16.4. The quantitative estimate of drug-likeness (QED) is 0.656. The molecule has 2 aromatic rings. The molecule has 8 heteroatoms. The van der Waals surface area contributed by atoms with Crippen molar-refractivity contribution in [3.63, 3.8) is 0 Å². The van der Waals surface area contributed by atoms with Gasteiger partial charge < -0.3 is 24.2 Å². The Hall–Kier alpha value is -2.71. The van der Waals surface area contributed by atoms with Crippen LogP contribution in [0, 0.1) is 17.8 Å². The number of ether oxygens (including phenoxy) is 1. The molecule has 1 N–H and O–H groups in total. The minimum atomic E-state index is -0.250. The zero-order valence-electron chi connectivity index (χ0n) is 20.3. The van der Waals surface area contributed by atoms with Crippen molar-refractivity contribution < 1.29 is 19.4 Å². The lowest BCUT2D eigenvalue weighted by atomic mass is 9.77. The summed E-state index contributed by atoms with van der Waals surface area (Å²) in [5.74, 6) is 2.81. The summed E-state index contributed by atoms with van der Waals surface area (Å²) in [7, 11) is 6.27. The van der Waals surface area contributed by atoms with Gasteiger partial charge in [0.15, 0.2) is 0 Å². The third-order valence-corrected chi connectivity index (χ3v) is 7.52. The normalized spacial score (nSPS) is 26.1. The number of rotatable bonds is 6. The second kappa shape index (κ2) is 10.7. The largest absolute Gasteiger partial charge is 0.483 e. The van der Waals surface area contributed by atoms with Crippen LogP contribution in [0.5, 0.6) is 0 Å². The van der Waals surface area contributed by atoms with Crippen molar-refractivity contribution in [1.29, 1.82) is 0 Å². The summed E-state index contributed by atoms with van der Waals surface area (Å²) in [6.07, 6.45) is 6.83. The highest BCUT2D eigenvalue weighted by atomic mass is 16.5. The van der Waals surface area contributed by atoms with Crippen LogP contribution in [0.4, 0.5) is 0 Å². The van der Waals surface area contributed by atoms with Gasteiger partial charge in [0.2, 0.25) is 0 Å². The van der Waals surface area contributed by atoms with E-state index in [1.54, 1.807) is 6.20 Å². The van der Waals surface area contributed by atoms with E-state index >= 15 is 0 Å². The van der Waals surface area contributed by atoms with Gasteiger partial charge in [0.05, 0.1) is 12.3 Å². The summed E-state index contributed by atoms with van der Waals surface area (Å²) in [5.41, 5.74) is 1.70. The van der Waals surface area contributed by atoms with E-state index in [0.717, 1.165) is 49.8 Å². The first-order valence-electron chi connectivity index (χ1n) is 12.1. The predicted octanol–water partition coefficient (Wildman–Crippen LogP) is 3.00. The van der Waals surface area contributed by atoms with Gasteiger partial charge in [-0.15, -0.1) is 0 Å².